The Kier molecular flexibility index (Phi) is 7.09. The van der Waals surface area contributed by atoms with E-state index in [4.69, 9.17) is 19.7 Å². The zero-order chi connectivity index (χ0) is 24.1. The second-order valence-corrected chi connectivity index (χ2v) is 8.29. The molecule has 0 spiro atoms. The quantitative estimate of drug-likeness (QED) is 0.541. The molecule has 176 valence electrons. The first-order valence-corrected chi connectivity index (χ1v) is 11.1. The molecule has 9 nitrogen and oxygen atoms in total. The smallest absolute Gasteiger partial charge is 0.200 e. The maximum atomic E-state index is 10.1. The van der Waals surface area contributed by atoms with Gasteiger partial charge in [0.25, 0.3) is 0 Å². The number of hydrogen-bond donors (Lipinski definition) is 2. The number of likely N-dealkylation sites (tertiary alicyclic amines) is 1. The van der Waals surface area contributed by atoms with Crippen LogP contribution in [0.15, 0.2) is 36.5 Å². The van der Waals surface area contributed by atoms with E-state index in [1.807, 2.05) is 37.3 Å². The zero-order valence-corrected chi connectivity index (χ0v) is 19.6. The van der Waals surface area contributed by atoms with E-state index in [-0.39, 0.29) is 5.75 Å². The van der Waals surface area contributed by atoms with Crippen molar-refractivity contribution in [2.45, 2.75) is 32.2 Å². The van der Waals surface area contributed by atoms with Gasteiger partial charge in [-0.05, 0) is 62.7 Å². The van der Waals surface area contributed by atoms with Crippen molar-refractivity contribution in [3.05, 3.63) is 59.3 Å². The van der Waals surface area contributed by atoms with Gasteiger partial charge in [0.15, 0.2) is 11.5 Å². The number of aryl methyl sites for hydroxylation is 1. The van der Waals surface area contributed by atoms with Crippen molar-refractivity contribution in [3.8, 4) is 23.3 Å². The van der Waals surface area contributed by atoms with Gasteiger partial charge in [0.2, 0.25) is 5.75 Å². The highest BCUT2D eigenvalue weighted by Gasteiger charge is 2.23. The molecule has 1 fully saturated rings. The predicted octanol–water partition coefficient (Wildman–Crippen LogP) is 3.90. The summed E-state index contributed by atoms with van der Waals surface area (Å²) in [6.45, 7) is 4.51. The van der Waals surface area contributed by atoms with E-state index in [1.165, 1.54) is 14.2 Å². The summed E-state index contributed by atoms with van der Waals surface area (Å²) in [7, 11) is 3.07. The summed E-state index contributed by atoms with van der Waals surface area (Å²) in [5, 5.41) is 22.3. The van der Waals surface area contributed by atoms with Crippen LogP contribution in [0.3, 0.4) is 0 Å². The Hall–Kier alpha value is -3.90. The molecule has 0 radical (unpaired) electrons. The Morgan fingerprint density at radius 3 is 2.41 bits per heavy atom. The van der Waals surface area contributed by atoms with Gasteiger partial charge in [0.05, 0.1) is 26.1 Å². The van der Waals surface area contributed by atoms with Crippen molar-refractivity contribution in [3.63, 3.8) is 0 Å². The molecule has 1 saturated heterocycles. The number of methoxy groups -OCH3 is 2. The van der Waals surface area contributed by atoms with Gasteiger partial charge in [0, 0.05) is 24.2 Å². The van der Waals surface area contributed by atoms with Crippen molar-refractivity contribution < 1.29 is 14.6 Å². The number of nitrogens with one attached hydrogen (secondary N) is 1. The normalized spacial score (nSPS) is 14.4. The first-order chi connectivity index (χ1) is 16.5. The van der Waals surface area contributed by atoms with Crippen LogP contribution in [0.4, 0.5) is 11.5 Å². The minimum absolute atomic E-state index is 0.0211. The van der Waals surface area contributed by atoms with E-state index in [1.54, 1.807) is 12.3 Å². The third-order valence-electron chi connectivity index (χ3n) is 5.96. The molecular weight excluding hydrogens is 432 g/mol. The van der Waals surface area contributed by atoms with Crippen LogP contribution in [0, 0.1) is 18.3 Å². The highest BCUT2D eigenvalue weighted by molar-refractivity contribution is 5.56. The largest absolute Gasteiger partial charge is 0.502 e. The number of nitrogens with zero attached hydrogens (tertiary/aromatic N) is 5. The van der Waals surface area contributed by atoms with Crippen molar-refractivity contribution in [2.75, 3.05) is 32.6 Å². The number of nitriles is 1. The molecule has 2 aromatic heterocycles. The van der Waals surface area contributed by atoms with Gasteiger partial charge in [-0.3, -0.25) is 4.90 Å². The van der Waals surface area contributed by atoms with Gasteiger partial charge >= 0.3 is 0 Å². The topological polar surface area (TPSA) is 116 Å². The molecule has 0 saturated carbocycles. The van der Waals surface area contributed by atoms with Crippen LogP contribution >= 0.6 is 0 Å². The average molecular weight is 461 g/mol. The van der Waals surface area contributed by atoms with Crippen LogP contribution in [0.1, 0.15) is 41.5 Å². The molecule has 1 aromatic carbocycles. The van der Waals surface area contributed by atoms with Gasteiger partial charge in [-0.2, -0.15) is 5.26 Å². The Balaban J connectivity index is 1.41. The van der Waals surface area contributed by atoms with Crippen LogP contribution in [-0.4, -0.2) is 52.3 Å². The van der Waals surface area contributed by atoms with Crippen molar-refractivity contribution in [1.29, 1.82) is 5.26 Å². The first-order valence-electron chi connectivity index (χ1n) is 11.1. The Morgan fingerprint density at radius 2 is 1.82 bits per heavy atom. The summed E-state index contributed by atoms with van der Waals surface area (Å²) >= 11 is 0. The molecule has 9 heteroatoms. The summed E-state index contributed by atoms with van der Waals surface area (Å²) in [5.41, 5.74) is 3.22. The number of benzene rings is 1. The predicted molar refractivity (Wildman–Crippen MR) is 127 cm³/mol. The Bertz CT molecular complexity index is 1160. The fraction of sp³-hybridized carbons (Fsp3) is 0.360. The number of rotatable bonds is 7. The lowest BCUT2D eigenvalue weighted by atomic mass is 9.93. The Labute approximate surface area is 199 Å². The summed E-state index contributed by atoms with van der Waals surface area (Å²) in [6, 6.07) is 11.2. The van der Waals surface area contributed by atoms with Crippen LogP contribution in [-0.2, 0) is 6.54 Å². The van der Waals surface area contributed by atoms with Crippen LogP contribution in [0.25, 0.3) is 0 Å². The molecule has 4 rings (SSSR count). The number of phenolic OH excluding ortho intramolecular Hbond substituents is 1. The number of aromatic nitrogens is 3. The lowest BCUT2D eigenvalue weighted by molar-refractivity contribution is 0.202. The average Bonchev–Trinajstić information content (AvgIpc) is 2.85. The van der Waals surface area contributed by atoms with E-state index < -0.39 is 0 Å². The summed E-state index contributed by atoms with van der Waals surface area (Å²) in [6.07, 6.45) is 3.60. The third-order valence-corrected chi connectivity index (χ3v) is 5.96. The number of phenols is 1. The molecule has 34 heavy (non-hydrogen) atoms. The molecule has 3 heterocycles. The SMILES string of the molecule is COc1cc(CN2CCC(c3cc(Nc4ccc(C#N)nc4)nc(C)n3)CC2)cc(OC)c1O. The maximum absolute atomic E-state index is 10.1. The van der Waals surface area contributed by atoms with E-state index >= 15 is 0 Å². The van der Waals surface area contributed by atoms with Crippen molar-refractivity contribution >= 4 is 11.5 Å². The second kappa shape index (κ2) is 10.4. The second-order valence-electron chi connectivity index (χ2n) is 8.29. The van der Waals surface area contributed by atoms with E-state index in [2.05, 4.69) is 20.2 Å². The summed E-state index contributed by atoms with van der Waals surface area (Å²) in [5.74, 6) is 2.64. The molecule has 0 unspecified atom stereocenters. The lowest BCUT2D eigenvalue weighted by Crippen LogP contribution is -2.32. The van der Waals surface area contributed by atoms with Gasteiger partial charge in [-0.1, -0.05) is 0 Å². The lowest BCUT2D eigenvalue weighted by Gasteiger charge is -2.32. The molecule has 1 aliphatic rings. The van der Waals surface area contributed by atoms with Gasteiger partial charge < -0.3 is 19.9 Å². The fourth-order valence-corrected chi connectivity index (χ4v) is 4.23. The minimum Gasteiger partial charge on any atom is -0.502 e. The number of pyridine rings is 1. The summed E-state index contributed by atoms with van der Waals surface area (Å²) in [4.78, 5) is 15.7. The number of ether oxygens (including phenoxy) is 2. The fourth-order valence-electron chi connectivity index (χ4n) is 4.23. The molecule has 0 aliphatic carbocycles. The molecule has 0 bridgehead atoms. The number of aromatic hydroxyl groups is 1. The molecule has 2 N–H and O–H groups in total. The number of hydrogen-bond acceptors (Lipinski definition) is 9. The molecule has 0 atom stereocenters. The van der Waals surface area contributed by atoms with Gasteiger partial charge in [0.1, 0.15) is 23.4 Å². The van der Waals surface area contributed by atoms with Gasteiger partial charge in [-0.15, -0.1) is 0 Å². The third kappa shape index (κ3) is 5.35. The van der Waals surface area contributed by atoms with E-state index in [9.17, 15) is 5.11 Å². The summed E-state index contributed by atoms with van der Waals surface area (Å²) < 4.78 is 10.6. The highest BCUT2D eigenvalue weighted by atomic mass is 16.5. The minimum atomic E-state index is 0.0211. The monoisotopic (exact) mass is 460 g/mol. The van der Waals surface area contributed by atoms with Crippen molar-refractivity contribution in [2.24, 2.45) is 0 Å². The van der Waals surface area contributed by atoms with Crippen molar-refractivity contribution in [1.82, 2.24) is 19.9 Å². The van der Waals surface area contributed by atoms with Gasteiger partial charge in [-0.25, -0.2) is 15.0 Å². The standard InChI is InChI=1S/C25H28N6O3/c1-16-28-21(12-24(29-16)30-20-5-4-19(13-26)27-14-20)18-6-8-31(9-7-18)15-17-10-22(33-2)25(32)23(11-17)34-3/h4-5,10-12,14,18,32H,6-9,15H2,1-3H3,(H,28,29,30). The zero-order valence-electron chi connectivity index (χ0n) is 19.6. The van der Waals surface area contributed by atoms with E-state index in [0.29, 0.717) is 28.9 Å². The number of piperidine rings is 1. The highest BCUT2D eigenvalue weighted by Crippen LogP contribution is 2.38. The van der Waals surface area contributed by atoms with Crippen LogP contribution in [0.5, 0.6) is 17.2 Å². The maximum Gasteiger partial charge on any atom is 0.200 e. The first kappa shape index (κ1) is 23.3. The molecule has 0 amide bonds. The molecular formula is C25H28N6O3. The Morgan fingerprint density at radius 1 is 1.12 bits per heavy atom. The van der Waals surface area contributed by atoms with Crippen LogP contribution in [0.2, 0.25) is 0 Å². The van der Waals surface area contributed by atoms with Crippen LogP contribution < -0.4 is 14.8 Å². The molecule has 1 aliphatic heterocycles. The number of anilines is 2. The van der Waals surface area contributed by atoms with E-state index in [0.717, 1.165) is 55.2 Å². The molecule has 3 aromatic rings.